The lowest BCUT2D eigenvalue weighted by Gasteiger charge is -2.36. The number of hydrogen-bond donors (Lipinski definition) is 3. The first-order valence-corrected chi connectivity index (χ1v) is 8.08. The summed E-state index contributed by atoms with van der Waals surface area (Å²) < 4.78 is 0. The smallest absolute Gasteiger partial charge is 0.246 e. The largest absolute Gasteiger partial charge is 0.392 e. The van der Waals surface area contributed by atoms with Crippen molar-refractivity contribution >= 4 is 23.6 Å². The van der Waals surface area contributed by atoms with Gasteiger partial charge in [0.15, 0.2) is 0 Å². The number of nitrogens with one attached hydrogen (secondary N) is 2. The van der Waals surface area contributed by atoms with E-state index < -0.39 is 6.04 Å². The van der Waals surface area contributed by atoms with Gasteiger partial charge < -0.3 is 15.7 Å². The normalized spacial score (nSPS) is 22.1. The molecule has 5 nitrogen and oxygen atoms in total. The van der Waals surface area contributed by atoms with Crippen molar-refractivity contribution in [2.75, 3.05) is 5.75 Å². The zero-order chi connectivity index (χ0) is 15.2. The van der Waals surface area contributed by atoms with E-state index in [1.54, 1.807) is 0 Å². The van der Waals surface area contributed by atoms with Crippen LogP contribution in [0.25, 0.3) is 0 Å². The molecule has 1 aliphatic heterocycles. The zero-order valence-corrected chi connectivity index (χ0v) is 12.7. The summed E-state index contributed by atoms with van der Waals surface area (Å²) in [6.07, 6.45) is 0.561. The van der Waals surface area contributed by atoms with Crippen LogP contribution in [-0.2, 0) is 16.0 Å². The summed E-state index contributed by atoms with van der Waals surface area (Å²) in [6, 6.07) is 8.91. The molecular weight excluding hydrogens is 288 g/mol. The lowest BCUT2D eigenvalue weighted by atomic mass is 10.1. The van der Waals surface area contributed by atoms with Gasteiger partial charge in [-0.05, 0) is 12.0 Å². The summed E-state index contributed by atoms with van der Waals surface area (Å²) in [4.78, 5) is 23.5. The van der Waals surface area contributed by atoms with Crippen LogP contribution in [0.3, 0.4) is 0 Å². The molecule has 1 unspecified atom stereocenters. The molecule has 3 N–H and O–H groups in total. The van der Waals surface area contributed by atoms with Crippen LogP contribution in [0.2, 0.25) is 0 Å². The van der Waals surface area contributed by atoms with Crippen molar-refractivity contribution < 1.29 is 14.7 Å². The van der Waals surface area contributed by atoms with Crippen LogP contribution in [-0.4, -0.2) is 40.2 Å². The van der Waals surface area contributed by atoms with Crippen LogP contribution in [0.15, 0.2) is 30.3 Å². The number of thioether (sulfide) groups is 1. The van der Waals surface area contributed by atoms with E-state index in [4.69, 9.17) is 0 Å². The third-order valence-corrected chi connectivity index (χ3v) is 4.66. The molecule has 2 rings (SSSR count). The molecule has 0 saturated carbocycles. The lowest BCUT2D eigenvalue weighted by Crippen LogP contribution is -2.68. The number of aliphatic hydroxyl groups excluding tert-OH is 1. The van der Waals surface area contributed by atoms with E-state index in [-0.39, 0.29) is 29.7 Å². The van der Waals surface area contributed by atoms with Gasteiger partial charge in [-0.1, -0.05) is 37.3 Å². The molecule has 114 valence electrons. The maximum Gasteiger partial charge on any atom is 0.246 e. The number of aliphatic hydroxyl groups is 1. The second kappa shape index (κ2) is 7.47. The first-order chi connectivity index (χ1) is 10.1. The summed E-state index contributed by atoms with van der Waals surface area (Å²) in [5.41, 5.74) is 0.917. The Balaban J connectivity index is 1.80. The Morgan fingerprint density at radius 1 is 1.43 bits per heavy atom. The average Bonchev–Trinajstić information content (AvgIpc) is 2.49. The van der Waals surface area contributed by atoms with E-state index in [9.17, 15) is 14.7 Å². The minimum absolute atomic E-state index is 0.154. The Morgan fingerprint density at radius 3 is 2.76 bits per heavy atom. The van der Waals surface area contributed by atoms with Crippen molar-refractivity contribution in [1.82, 2.24) is 10.6 Å². The maximum absolute atomic E-state index is 12.0. The molecule has 0 bridgehead atoms. The highest BCUT2D eigenvalue weighted by atomic mass is 32.2. The van der Waals surface area contributed by atoms with Gasteiger partial charge in [-0.3, -0.25) is 9.59 Å². The van der Waals surface area contributed by atoms with Crippen LogP contribution in [0.1, 0.15) is 18.9 Å². The molecule has 1 saturated heterocycles. The lowest BCUT2D eigenvalue weighted by molar-refractivity contribution is -0.134. The van der Waals surface area contributed by atoms with E-state index >= 15 is 0 Å². The Bertz CT molecular complexity index is 495. The van der Waals surface area contributed by atoms with E-state index in [2.05, 4.69) is 10.6 Å². The highest BCUT2D eigenvalue weighted by Crippen LogP contribution is 2.21. The highest BCUT2D eigenvalue weighted by Gasteiger charge is 2.40. The van der Waals surface area contributed by atoms with Crippen molar-refractivity contribution in [2.24, 2.45) is 0 Å². The molecule has 1 fully saturated rings. The monoisotopic (exact) mass is 308 g/mol. The van der Waals surface area contributed by atoms with Crippen molar-refractivity contribution in [3.63, 3.8) is 0 Å². The number of carbonyl (C=O) groups is 2. The highest BCUT2D eigenvalue weighted by molar-refractivity contribution is 8.00. The molecule has 21 heavy (non-hydrogen) atoms. The van der Waals surface area contributed by atoms with Crippen molar-refractivity contribution in [3.05, 3.63) is 35.9 Å². The van der Waals surface area contributed by atoms with Gasteiger partial charge in [0.05, 0.1) is 12.5 Å². The van der Waals surface area contributed by atoms with Gasteiger partial charge in [0.2, 0.25) is 11.8 Å². The molecule has 3 atom stereocenters. The first-order valence-electron chi connectivity index (χ1n) is 7.03. The minimum Gasteiger partial charge on any atom is -0.392 e. The molecule has 1 heterocycles. The topological polar surface area (TPSA) is 78.4 Å². The summed E-state index contributed by atoms with van der Waals surface area (Å²) in [5, 5.41) is 14.9. The molecule has 1 aliphatic rings. The van der Waals surface area contributed by atoms with Crippen molar-refractivity contribution in [2.45, 2.75) is 37.3 Å². The van der Waals surface area contributed by atoms with E-state index in [0.717, 1.165) is 5.56 Å². The first kappa shape index (κ1) is 15.9. The van der Waals surface area contributed by atoms with Crippen LogP contribution in [0.4, 0.5) is 0 Å². The fourth-order valence-electron chi connectivity index (χ4n) is 1.97. The molecule has 1 aromatic rings. The SMILES string of the molecule is CCC(O)CS[C@@H]1NC(=O)[C@@H]1NC(=O)Cc1ccccc1. The van der Waals surface area contributed by atoms with Crippen molar-refractivity contribution in [1.29, 1.82) is 0 Å². The second-order valence-corrected chi connectivity index (χ2v) is 6.21. The van der Waals surface area contributed by atoms with Crippen LogP contribution in [0.5, 0.6) is 0 Å². The van der Waals surface area contributed by atoms with Crippen LogP contribution in [0, 0.1) is 0 Å². The molecule has 0 spiro atoms. The molecular formula is C15H20N2O3S. The Labute approximate surface area is 128 Å². The fourth-order valence-corrected chi connectivity index (χ4v) is 3.22. The predicted octanol–water partition coefficient (Wildman–Crippen LogP) is 0.674. The number of hydrogen-bond acceptors (Lipinski definition) is 4. The standard InChI is InChI=1S/C15H20N2O3S/c1-2-11(18)9-21-15-13(14(20)17-15)16-12(19)8-10-6-4-3-5-7-10/h3-7,11,13,15,18H,2,8-9H2,1H3,(H,16,19)(H,17,20)/t11?,13-,15-/m0/s1. The molecule has 0 aromatic heterocycles. The molecule has 2 amide bonds. The van der Waals surface area contributed by atoms with Gasteiger partial charge in [0, 0.05) is 5.75 Å². The number of carbonyl (C=O) groups excluding carboxylic acids is 2. The van der Waals surface area contributed by atoms with Crippen molar-refractivity contribution in [3.8, 4) is 0 Å². The number of rotatable bonds is 7. The summed E-state index contributed by atoms with van der Waals surface area (Å²) in [6.45, 7) is 1.91. The third kappa shape index (κ3) is 4.47. The maximum atomic E-state index is 12.0. The Hall–Kier alpha value is -1.53. The third-order valence-electron chi connectivity index (χ3n) is 3.33. The van der Waals surface area contributed by atoms with Gasteiger partial charge in [-0.2, -0.15) is 0 Å². The molecule has 0 radical (unpaired) electrons. The summed E-state index contributed by atoms with van der Waals surface area (Å²) in [5.74, 6) is 0.217. The average molecular weight is 308 g/mol. The van der Waals surface area contributed by atoms with Gasteiger partial charge in [0.1, 0.15) is 11.4 Å². The number of benzene rings is 1. The number of β-lactam (4-membered cyclic amide) rings is 1. The van der Waals surface area contributed by atoms with Gasteiger partial charge >= 0.3 is 0 Å². The Kier molecular flexibility index (Phi) is 5.64. The molecule has 0 aliphatic carbocycles. The predicted molar refractivity (Wildman–Crippen MR) is 82.8 cm³/mol. The molecule has 1 aromatic carbocycles. The van der Waals surface area contributed by atoms with Gasteiger partial charge in [-0.25, -0.2) is 0 Å². The number of amides is 2. The molecule has 6 heteroatoms. The van der Waals surface area contributed by atoms with E-state index in [1.807, 2.05) is 37.3 Å². The van der Waals surface area contributed by atoms with E-state index in [0.29, 0.717) is 12.2 Å². The van der Waals surface area contributed by atoms with Crippen LogP contribution >= 0.6 is 11.8 Å². The van der Waals surface area contributed by atoms with Crippen LogP contribution < -0.4 is 10.6 Å². The van der Waals surface area contributed by atoms with E-state index in [1.165, 1.54) is 11.8 Å². The Morgan fingerprint density at radius 2 is 2.14 bits per heavy atom. The zero-order valence-electron chi connectivity index (χ0n) is 11.9. The quantitative estimate of drug-likeness (QED) is 0.647. The van der Waals surface area contributed by atoms with Gasteiger partial charge in [-0.15, -0.1) is 11.8 Å². The summed E-state index contributed by atoms with van der Waals surface area (Å²) in [7, 11) is 0. The second-order valence-electron chi connectivity index (χ2n) is 5.03. The minimum atomic E-state index is -0.504. The summed E-state index contributed by atoms with van der Waals surface area (Å²) >= 11 is 1.46. The fraction of sp³-hybridized carbons (Fsp3) is 0.467. The van der Waals surface area contributed by atoms with Gasteiger partial charge in [0.25, 0.3) is 0 Å².